The molecule has 2 nitrogen and oxygen atoms in total. The van der Waals surface area contributed by atoms with Crippen LogP contribution in [0.3, 0.4) is 0 Å². The summed E-state index contributed by atoms with van der Waals surface area (Å²) in [5.74, 6) is 0. The van der Waals surface area contributed by atoms with Crippen molar-refractivity contribution in [2.45, 2.75) is 0 Å². The summed E-state index contributed by atoms with van der Waals surface area (Å²) >= 11 is 9.05. The van der Waals surface area contributed by atoms with Gasteiger partial charge in [-0.15, -0.1) is 11.7 Å². The molecule has 0 unspecified atom stereocenters. The fraction of sp³-hybridized carbons (Fsp3) is 0.800. The van der Waals surface area contributed by atoms with Gasteiger partial charge < -0.3 is 9.64 Å². The molecule has 0 bridgehead atoms. The van der Waals surface area contributed by atoms with Gasteiger partial charge in [-0.25, -0.2) is 0 Å². The lowest BCUT2D eigenvalue weighted by Gasteiger charge is -2.27. The van der Waals surface area contributed by atoms with Gasteiger partial charge in [-0.3, -0.25) is 0 Å². The van der Waals surface area contributed by atoms with Crippen LogP contribution in [0, 0.1) is 0 Å². The number of thiol groups is 1. The van der Waals surface area contributed by atoms with Crippen LogP contribution in [0.25, 0.3) is 0 Å². The summed E-state index contributed by atoms with van der Waals surface area (Å²) in [5, 5.41) is 0. The molecule has 1 fully saturated rings. The summed E-state index contributed by atoms with van der Waals surface area (Å²) in [6.07, 6.45) is 0. The van der Waals surface area contributed by atoms with Gasteiger partial charge in [0.05, 0.1) is 13.2 Å². The molecule has 0 aromatic rings. The molecular weight excluding hydrogens is 186 g/mol. The lowest BCUT2D eigenvalue weighted by molar-refractivity contribution is 0.0703. The molecule has 0 aromatic heterocycles. The molecule has 0 radical (unpaired) electrons. The highest BCUT2D eigenvalue weighted by atomic mass is 33.1. The van der Waals surface area contributed by atoms with Gasteiger partial charge in [-0.2, -0.15) is 0 Å². The van der Waals surface area contributed by atoms with Crippen LogP contribution in [0.4, 0.5) is 0 Å². The average molecular weight is 195 g/mol. The fourth-order valence-electron chi connectivity index (χ4n) is 0.804. The maximum absolute atomic E-state index is 5.16. The average Bonchev–Trinajstić information content (AvgIpc) is 2.05. The van der Waals surface area contributed by atoms with Crippen LogP contribution in [0.5, 0.6) is 0 Å². The standard InChI is InChI=1S/C5H9NOS3/c8-5(10-9)6-1-3-7-4-2-6/h9H,1-4H2. The predicted octanol–water partition coefficient (Wildman–Crippen LogP) is 1.18. The van der Waals surface area contributed by atoms with E-state index < -0.39 is 0 Å². The summed E-state index contributed by atoms with van der Waals surface area (Å²) in [7, 11) is 1.33. The van der Waals surface area contributed by atoms with Gasteiger partial charge in [0.1, 0.15) is 4.32 Å². The van der Waals surface area contributed by atoms with Gasteiger partial charge in [0, 0.05) is 13.1 Å². The summed E-state index contributed by atoms with van der Waals surface area (Å²) in [6.45, 7) is 3.39. The second-order valence-corrected chi connectivity index (χ2v) is 3.72. The van der Waals surface area contributed by atoms with Crippen molar-refractivity contribution < 1.29 is 4.74 Å². The first-order valence-electron chi connectivity index (χ1n) is 3.02. The van der Waals surface area contributed by atoms with Gasteiger partial charge in [0.15, 0.2) is 0 Å². The lowest BCUT2D eigenvalue weighted by Crippen LogP contribution is -2.38. The minimum Gasteiger partial charge on any atom is -0.378 e. The van der Waals surface area contributed by atoms with Crippen molar-refractivity contribution in [2.75, 3.05) is 26.3 Å². The summed E-state index contributed by atoms with van der Waals surface area (Å²) < 4.78 is 6.01. The summed E-state index contributed by atoms with van der Waals surface area (Å²) in [6, 6.07) is 0. The Morgan fingerprint density at radius 2 is 2.10 bits per heavy atom. The predicted molar refractivity (Wildman–Crippen MR) is 51.6 cm³/mol. The largest absolute Gasteiger partial charge is 0.378 e. The normalized spacial score (nSPS) is 19.1. The Kier molecular flexibility index (Phi) is 3.83. The zero-order valence-corrected chi connectivity index (χ0v) is 7.98. The van der Waals surface area contributed by atoms with E-state index in [0.717, 1.165) is 30.6 Å². The third-order valence-electron chi connectivity index (χ3n) is 1.35. The van der Waals surface area contributed by atoms with E-state index in [1.165, 1.54) is 10.8 Å². The molecule has 0 saturated carbocycles. The monoisotopic (exact) mass is 195 g/mol. The van der Waals surface area contributed by atoms with Crippen LogP contribution in [-0.4, -0.2) is 35.5 Å². The molecule has 0 aliphatic carbocycles. The molecule has 1 heterocycles. The Bertz CT molecular complexity index is 124. The van der Waals surface area contributed by atoms with Crippen molar-refractivity contribution >= 4 is 39.0 Å². The Hall–Kier alpha value is 0.550. The zero-order chi connectivity index (χ0) is 7.40. The molecule has 0 amide bonds. The third-order valence-corrected chi connectivity index (χ3v) is 3.16. The first-order valence-corrected chi connectivity index (χ1v) is 5.30. The molecule has 0 atom stereocenters. The maximum Gasteiger partial charge on any atom is 0.146 e. The van der Waals surface area contributed by atoms with Crippen LogP contribution >= 0.6 is 34.7 Å². The van der Waals surface area contributed by atoms with Crippen molar-refractivity contribution in [1.29, 1.82) is 0 Å². The van der Waals surface area contributed by atoms with E-state index in [1.54, 1.807) is 0 Å². The molecule has 58 valence electrons. The first-order chi connectivity index (χ1) is 4.84. The number of thiocarbonyl (C=S) groups is 1. The van der Waals surface area contributed by atoms with Gasteiger partial charge in [-0.1, -0.05) is 12.2 Å². The molecule has 0 N–H and O–H groups in total. The summed E-state index contributed by atoms with van der Waals surface area (Å²) in [5.41, 5.74) is 0. The highest BCUT2D eigenvalue weighted by molar-refractivity contribution is 8.76. The van der Waals surface area contributed by atoms with Crippen LogP contribution in [0.2, 0.25) is 0 Å². The molecular formula is C5H9NOS3. The number of ether oxygens (including phenoxy) is 1. The van der Waals surface area contributed by atoms with Crippen LogP contribution in [-0.2, 0) is 4.74 Å². The summed E-state index contributed by atoms with van der Waals surface area (Å²) in [4.78, 5) is 2.11. The molecule has 0 aromatic carbocycles. The highest BCUT2D eigenvalue weighted by Crippen LogP contribution is 2.13. The van der Waals surface area contributed by atoms with Crippen molar-refractivity contribution in [3.8, 4) is 0 Å². The molecule has 1 aliphatic heterocycles. The lowest BCUT2D eigenvalue weighted by atomic mass is 10.5. The van der Waals surface area contributed by atoms with Crippen molar-refractivity contribution in [3.05, 3.63) is 0 Å². The second-order valence-electron chi connectivity index (χ2n) is 1.96. The minimum absolute atomic E-state index is 0.786. The van der Waals surface area contributed by atoms with E-state index >= 15 is 0 Å². The number of hydrogen-bond acceptors (Lipinski definition) is 4. The molecule has 5 heteroatoms. The van der Waals surface area contributed by atoms with Crippen LogP contribution in [0.15, 0.2) is 0 Å². The van der Waals surface area contributed by atoms with Crippen molar-refractivity contribution in [1.82, 2.24) is 4.90 Å². The minimum atomic E-state index is 0.786. The van der Waals surface area contributed by atoms with E-state index in [1.807, 2.05) is 0 Å². The Balaban J connectivity index is 2.31. The van der Waals surface area contributed by atoms with Gasteiger partial charge in [0.2, 0.25) is 0 Å². The van der Waals surface area contributed by atoms with Gasteiger partial charge in [-0.05, 0) is 10.8 Å². The first kappa shape index (κ1) is 8.64. The number of rotatable bonds is 0. The number of morpholine rings is 1. The Morgan fingerprint density at radius 3 is 2.60 bits per heavy atom. The zero-order valence-electron chi connectivity index (χ0n) is 5.45. The number of hydrogen-bond donors (Lipinski definition) is 1. The van der Waals surface area contributed by atoms with E-state index in [9.17, 15) is 0 Å². The van der Waals surface area contributed by atoms with Crippen LogP contribution in [0.1, 0.15) is 0 Å². The second kappa shape index (κ2) is 4.43. The Morgan fingerprint density at radius 1 is 1.50 bits per heavy atom. The van der Waals surface area contributed by atoms with Crippen molar-refractivity contribution in [2.24, 2.45) is 0 Å². The van der Waals surface area contributed by atoms with E-state index in [2.05, 4.69) is 16.6 Å². The van der Waals surface area contributed by atoms with Gasteiger partial charge in [0.25, 0.3) is 0 Å². The fourth-order valence-corrected chi connectivity index (χ4v) is 1.63. The molecule has 1 rings (SSSR count). The van der Waals surface area contributed by atoms with E-state index in [0.29, 0.717) is 0 Å². The van der Waals surface area contributed by atoms with Crippen LogP contribution < -0.4 is 0 Å². The Labute approximate surface area is 75.1 Å². The molecule has 1 aliphatic rings. The highest BCUT2D eigenvalue weighted by Gasteiger charge is 2.12. The molecule has 10 heavy (non-hydrogen) atoms. The topological polar surface area (TPSA) is 12.5 Å². The third kappa shape index (κ3) is 2.30. The van der Waals surface area contributed by atoms with Gasteiger partial charge >= 0.3 is 0 Å². The maximum atomic E-state index is 5.16. The van der Waals surface area contributed by atoms with Crippen molar-refractivity contribution in [3.63, 3.8) is 0 Å². The smallest absolute Gasteiger partial charge is 0.146 e. The molecule has 1 saturated heterocycles. The van der Waals surface area contributed by atoms with E-state index in [4.69, 9.17) is 17.0 Å². The number of nitrogens with zero attached hydrogens (tertiary/aromatic N) is 1. The molecule has 0 spiro atoms. The quantitative estimate of drug-likeness (QED) is 0.354. The SMILES string of the molecule is S=C(SS)N1CCOCC1. The van der Waals surface area contributed by atoms with E-state index in [-0.39, 0.29) is 0 Å².